The van der Waals surface area contributed by atoms with Crippen LogP contribution >= 0.6 is 0 Å². The number of aromatic amines is 1. The molecule has 3 atom stereocenters. The number of aromatic nitrogens is 2. The van der Waals surface area contributed by atoms with Crippen LogP contribution in [0.5, 0.6) is 0 Å². The zero-order valence-electron chi connectivity index (χ0n) is 19.6. The number of benzene rings is 1. The Morgan fingerprint density at radius 3 is 2.79 bits per heavy atom. The van der Waals surface area contributed by atoms with Gasteiger partial charge in [-0.3, -0.25) is 9.89 Å². The minimum atomic E-state index is -1.97. The molecule has 2 heterocycles. The van der Waals surface area contributed by atoms with E-state index in [9.17, 15) is 10.1 Å². The summed E-state index contributed by atoms with van der Waals surface area (Å²) in [5.74, 6) is -0.927. The zero-order valence-corrected chi connectivity index (χ0v) is 19.6. The summed E-state index contributed by atoms with van der Waals surface area (Å²) in [5.41, 5.74) is 4.66. The Morgan fingerprint density at radius 2 is 2.12 bits per heavy atom. The summed E-state index contributed by atoms with van der Waals surface area (Å²) in [5, 5.41) is 17.0. The fourth-order valence-electron chi connectivity index (χ4n) is 4.76. The van der Waals surface area contributed by atoms with Crippen LogP contribution in [-0.2, 0) is 15.6 Å². The number of carbonyl (C=O) groups is 1. The average molecular weight is 466 g/mol. The second kappa shape index (κ2) is 8.80. The lowest BCUT2D eigenvalue weighted by Crippen LogP contribution is -2.49. The van der Waals surface area contributed by atoms with Crippen molar-refractivity contribution in [1.82, 2.24) is 15.1 Å². The Labute approximate surface area is 198 Å². The molecule has 0 spiro atoms. The van der Waals surface area contributed by atoms with E-state index in [2.05, 4.69) is 10.2 Å². The number of likely N-dealkylation sites (tertiary alicyclic amines) is 1. The molecule has 4 rings (SSSR count). The summed E-state index contributed by atoms with van der Waals surface area (Å²) >= 11 is 0. The summed E-state index contributed by atoms with van der Waals surface area (Å²) in [6, 6.07) is 6.91. The lowest BCUT2D eigenvalue weighted by Gasteiger charge is -2.35. The number of rotatable bonds is 3. The van der Waals surface area contributed by atoms with Crippen molar-refractivity contribution < 1.29 is 13.6 Å². The molecule has 3 unspecified atom stereocenters. The summed E-state index contributed by atoms with van der Waals surface area (Å²) in [7, 11) is 0. The van der Waals surface area contributed by atoms with Gasteiger partial charge in [-0.15, -0.1) is 0 Å². The number of nitrogens with zero attached hydrogens (tertiary/aromatic N) is 3. The van der Waals surface area contributed by atoms with Crippen LogP contribution in [0.4, 0.5) is 8.78 Å². The largest absolute Gasteiger partial charge is 0.337 e. The highest BCUT2D eigenvalue weighted by atomic mass is 19.1. The van der Waals surface area contributed by atoms with Gasteiger partial charge in [-0.2, -0.15) is 10.4 Å². The molecule has 178 valence electrons. The molecular weight excluding hydrogens is 436 g/mol. The van der Waals surface area contributed by atoms with E-state index in [1.807, 2.05) is 26.8 Å². The van der Waals surface area contributed by atoms with Gasteiger partial charge in [-0.1, -0.05) is 57.2 Å². The van der Waals surface area contributed by atoms with Crippen LogP contribution in [0.1, 0.15) is 44.9 Å². The molecule has 1 aromatic heterocycles. The number of H-pyrrole nitrogens is 1. The van der Waals surface area contributed by atoms with Crippen molar-refractivity contribution in [3.8, 4) is 17.2 Å². The Morgan fingerprint density at radius 1 is 1.35 bits per heavy atom. The molecular formula is C26H29F2N5O. The number of alkyl halides is 1. The van der Waals surface area contributed by atoms with E-state index in [4.69, 9.17) is 5.73 Å². The minimum absolute atomic E-state index is 0.109. The average Bonchev–Trinajstić information content (AvgIpc) is 3.28. The van der Waals surface area contributed by atoms with E-state index < -0.39 is 28.7 Å². The Bertz CT molecular complexity index is 1200. The molecule has 1 aliphatic carbocycles. The number of hydrogen-bond donors (Lipinski definition) is 2. The maximum atomic E-state index is 16.1. The van der Waals surface area contributed by atoms with E-state index in [1.54, 1.807) is 18.2 Å². The van der Waals surface area contributed by atoms with E-state index in [0.717, 1.165) is 12.8 Å². The number of halogens is 2. The summed E-state index contributed by atoms with van der Waals surface area (Å²) in [6.45, 7) is 6.53. The van der Waals surface area contributed by atoms with Crippen LogP contribution in [-0.4, -0.2) is 46.3 Å². The molecule has 1 aliphatic heterocycles. The highest BCUT2D eigenvalue weighted by Gasteiger charge is 2.48. The normalized spacial score (nSPS) is 25.1. The van der Waals surface area contributed by atoms with Crippen molar-refractivity contribution in [3.63, 3.8) is 0 Å². The highest BCUT2D eigenvalue weighted by molar-refractivity contribution is 5.96. The standard InChI is InChI=1S/C26H29F2N5O/c1-25(2,3)20-10-4-8-17(21(20)27)19-13-31-32-23(19)26(15-29)11-5-9-18(22(26)28)24(34)33-12-6-7-16(30)14-33/h4-5,8-11,13,16,22H,6-7,12,14,30H2,1-3H3,(H,31,32). The predicted octanol–water partition coefficient (Wildman–Crippen LogP) is 4.06. The number of piperidine rings is 1. The predicted molar refractivity (Wildman–Crippen MR) is 126 cm³/mol. The summed E-state index contributed by atoms with van der Waals surface area (Å²) < 4.78 is 31.7. The first-order chi connectivity index (χ1) is 16.1. The molecule has 1 saturated heterocycles. The van der Waals surface area contributed by atoms with Gasteiger partial charge in [0, 0.05) is 30.3 Å². The van der Waals surface area contributed by atoms with Crippen molar-refractivity contribution in [2.75, 3.05) is 13.1 Å². The zero-order chi connectivity index (χ0) is 24.7. The van der Waals surface area contributed by atoms with Crippen LogP contribution in [0.25, 0.3) is 11.1 Å². The molecule has 0 saturated carbocycles. The molecule has 3 N–H and O–H groups in total. The van der Waals surface area contributed by atoms with Gasteiger partial charge in [0.05, 0.1) is 23.5 Å². The fourth-order valence-corrected chi connectivity index (χ4v) is 4.76. The number of allylic oxidation sites excluding steroid dienone is 3. The number of nitrogens with one attached hydrogen (secondary N) is 1. The third kappa shape index (κ3) is 3.94. The quantitative estimate of drug-likeness (QED) is 0.714. The topological polar surface area (TPSA) is 98.8 Å². The number of nitrogens with two attached hydrogens (primary N) is 1. The molecule has 6 nitrogen and oxygen atoms in total. The van der Waals surface area contributed by atoms with Gasteiger partial charge >= 0.3 is 0 Å². The smallest absolute Gasteiger partial charge is 0.252 e. The fraction of sp³-hybridized carbons (Fsp3) is 0.423. The SMILES string of the molecule is CC(C)(C)c1cccc(-c2cn[nH]c2C2(C#N)C=CC=C(C(=O)N3CCCC(N)C3)C2F)c1F. The lowest BCUT2D eigenvalue weighted by molar-refractivity contribution is -0.129. The second-order valence-corrected chi connectivity index (χ2v) is 10.1. The molecule has 0 bridgehead atoms. The highest BCUT2D eigenvalue weighted by Crippen LogP contribution is 2.43. The van der Waals surface area contributed by atoms with Gasteiger partial charge in [0.25, 0.3) is 5.91 Å². The van der Waals surface area contributed by atoms with Gasteiger partial charge in [-0.05, 0) is 23.8 Å². The minimum Gasteiger partial charge on any atom is -0.337 e. The Hall–Kier alpha value is -3.31. The molecule has 2 aromatic rings. The monoisotopic (exact) mass is 465 g/mol. The van der Waals surface area contributed by atoms with E-state index >= 15 is 8.78 Å². The Kier molecular flexibility index (Phi) is 6.17. The Balaban J connectivity index is 1.76. The van der Waals surface area contributed by atoms with E-state index in [-0.39, 0.29) is 28.4 Å². The van der Waals surface area contributed by atoms with Crippen LogP contribution < -0.4 is 5.73 Å². The van der Waals surface area contributed by atoms with Gasteiger partial charge in [0.15, 0.2) is 11.6 Å². The lowest BCUT2D eigenvalue weighted by atomic mass is 9.72. The van der Waals surface area contributed by atoms with Crippen molar-refractivity contribution >= 4 is 5.91 Å². The van der Waals surface area contributed by atoms with E-state index in [0.29, 0.717) is 18.7 Å². The van der Waals surface area contributed by atoms with Crippen LogP contribution in [0.15, 0.2) is 48.2 Å². The van der Waals surface area contributed by atoms with Crippen molar-refractivity contribution in [1.29, 1.82) is 5.26 Å². The van der Waals surface area contributed by atoms with Crippen molar-refractivity contribution in [2.24, 2.45) is 5.73 Å². The maximum absolute atomic E-state index is 16.1. The van der Waals surface area contributed by atoms with Gasteiger partial charge < -0.3 is 10.6 Å². The van der Waals surface area contributed by atoms with Gasteiger partial charge in [0.1, 0.15) is 5.82 Å². The first-order valence-corrected chi connectivity index (χ1v) is 11.4. The summed E-state index contributed by atoms with van der Waals surface area (Å²) in [6.07, 6.45) is 5.27. The van der Waals surface area contributed by atoms with E-state index in [1.165, 1.54) is 29.3 Å². The van der Waals surface area contributed by atoms with Crippen LogP contribution in [0.2, 0.25) is 0 Å². The molecule has 8 heteroatoms. The first kappa shape index (κ1) is 23.8. The number of amides is 1. The van der Waals surface area contributed by atoms with Gasteiger partial charge in [0.2, 0.25) is 0 Å². The molecule has 0 radical (unpaired) electrons. The molecule has 2 aliphatic rings. The third-order valence-electron chi connectivity index (χ3n) is 6.63. The molecule has 1 amide bonds. The van der Waals surface area contributed by atoms with Gasteiger partial charge in [-0.25, -0.2) is 8.78 Å². The van der Waals surface area contributed by atoms with Crippen molar-refractivity contribution in [2.45, 2.75) is 56.7 Å². The van der Waals surface area contributed by atoms with Crippen LogP contribution in [0.3, 0.4) is 0 Å². The number of carbonyl (C=O) groups excluding carboxylic acids is 1. The third-order valence-corrected chi connectivity index (χ3v) is 6.63. The maximum Gasteiger partial charge on any atom is 0.252 e. The molecule has 1 aromatic carbocycles. The summed E-state index contributed by atoms with van der Waals surface area (Å²) in [4.78, 5) is 14.7. The molecule has 1 fully saturated rings. The number of nitriles is 1. The van der Waals surface area contributed by atoms with Crippen molar-refractivity contribution in [3.05, 3.63) is 65.3 Å². The molecule has 34 heavy (non-hydrogen) atoms. The first-order valence-electron chi connectivity index (χ1n) is 11.4. The van der Waals surface area contributed by atoms with Crippen LogP contribution in [0, 0.1) is 17.1 Å². The number of hydrogen-bond acceptors (Lipinski definition) is 4. The second-order valence-electron chi connectivity index (χ2n) is 10.1.